The summed E-state index contributed by atoms with van der Waals surface area (Å²) in [6, 6.07) is 1.96. The highest BCUT2D eigenvalue weighted by Crippen LogP contribution is 2.23. The molecule has 4 heteroatoms. The van der Waals surface area contributed by atoms with Crippen LogP contribution < -0.4 is 10.6 Å². The van der Waals surface area contributed by atoms with Gasteiger partial charge in [-0.15, -0.1) is 0 Å². The minimum absolute atomic E-state index is 0.200. The quantitative estimate of drug-likeness (QED) is 0.700. The molecule has 1 atom stereocenters. The SMILES string of the molecule is NCc1cnccc1N1CCC(O)C1. The lowest BCUT2D eigenvalue weighted by atomic mass is 10.2. The first-order valence-electron chi connectivity index (χ1n) is 4.87. The van der Waals surface area contributed by atoms with Gasteiger partial charge in [-0.2, -0.15) is 0 Å². The number of aliphatic hydroxyl groups is 1. The number of anilines is 1. The van der Waals surface area contributed by atoms with Gasteiger partial charge in [-0.05, 0) is 12.5 Å². The molecule has 0 aliphatic carbocycles. The van der Waals surface area contributed by atoms with Gasteiger partial charge in [0.15, 0.2) is 0 Å². The lowest BCUT2D eigenvalue weighted by Crippen LogP contribution is -2.23. The predicted octanol–water partition coefficient (Wildman–Crippen LogP) is 0.111. The van der Waals surface area contributed by atoms with Crippen molar-refractivity contribution < 1.29 is 5.11 Å². The summed E-state index contributed by atoms with van der Waals surface area (Å²) < 4.78 is 0. The van der Waals surface area contributed by atoms with Crippen LogP contribution in [0, 0.1) is 0 Å². The molecule has 1 unspecified atom stereocenters. The molecule has 1 saturated heterocycles. The van der Waals surface area contributed by atoms with Gasteiger partial charge in [-0.3, -0.25) is 4.98 Å². The van der Waals surface area contributed by atoms with Gasteiger partial charge in [-0.1, -0.05) is 0 Å². The van der Waals surface area contributed by atoms with Crippen molar-refractivity contribution in [3.63, 3.8) is 0 Å². The van der Waals surface area contributed by atoms with Crippen molar-refractivity contribution in [2.24, 2.45) is 5.73 Å². The first-order valence-corrected chi connectivity index (χ1v) is 4.87. The van der Waals surface area contributed by atoms with E-state index in [1.807, 2.05) is 6.07 Å². The highest BCUT2D eigenvalue weighted by molar-refractivity contribution is 5.53. The van der Waals surface area contributed by atoms with Gasteiger partial charge in [-0.25, -0.2) is 0 Å². The van der Waals surface area contributed by atoms with Gasteiger partial charge in [0.1, 0.15) is 0 Å². The number of nitrogens with zero attached hydrogens (tertiary/aromatic N) is 2. The third kappa shape index (κ3) is 1.71. The number of β-amino-alcohol motifs (C(OH)–C–C–N with tert-alkyl or cyclic N) is 1. The number of aromatic nitrogens is 1. The molecule has 1 aromatic heterocycles. The molecule has 1 aliphatic heterocycles. The Morgan fingerprint density at radius 2 is 2.50 bits per heavy atom. The van der Waals surface area contributed by atoms with Crippen LogP contribution in [-0.2, 0) is 6.54 Å². The van der Waals surface area contributed by atoms with E-state index < -0.39 is 0 Å². The maximum absolute atomic E-state index is 9.44. The lowest BCUT2D eigenvalue weighted by molar-refractivity contribution is 0.198. The van der Waals surface area contributed by atoms with Gasteiger partial charge < -0.3 is 15.7 Å². The minimum Gasteiger partial charge on any atom is -0.391 e. The summed E-state index contributed by atoms with van der Waals surface area (Å²) in [5, 5.41) is 9.44. The van der Waals surface area contributed by atoms with E-state index in [-0.39, 0.29) is 6.10 Å². The molecule has 1 aliphatic rings. The van der Waals surface area contributed by atoms with Crippen LogP contribution in [0.5, 0.6) is 0 Å². The van der Waals surface area contributed by atoms with Crippen molar-refractivity contribution in [1.82, 2.24) is 4.98 Å². The highest BCUT2D eigenvalue weighted by atomic mass is 16.3. The molecule has 0 amide bonds. The number of hydrogen-bond donors (Lipinski definition) is 2. The van der Waals surface area contributed by atoms with Crippen LogP contribution in [0.25, 0.3) is 0 Å². The average Bonchev–Trinajstić information content (AvgIpc) is 2.65. The number of pyridine rings is 1. The van der Waals surface area contributed by atoms with Gasteiger partial charge >= 0.3 is 0 Å². The summed E-state index contributed by atoms with van der Waals surface area (Å²) >= 11 is 0. The van der Waals surface area contributed by atoms with Crippen LogP contribution in [0.4, 0.5) is 5.69 Å². The molecule has 0 radical (unpaired) electrons. The summed E-state index contributed by atoms with van der Waals surface area (Å²) in [5.74, 6) is 0. The second kappa shape index (κ2) is 3.94. The van der Waals surface area contributed by atoms with Crippen LogP contribution in [0.3, 0.4) is 0 Å². The molecular formula is C10H15N3O. The fourth-order valence-corrected chi connectivity index (χ4v) is 1.85. The molecular weight excluding hydrogens is 178 g/mol. The zero-order chi connectivity index (χ0) is 9.97. The van der Waals surface area contributed by atoms with E-state index in [1.165, 1.54) is 0 Å². The zero-order valence-corrected chi connectivity index (χ0v) is 8.06. The average molecular weight is 193 g/mol. The Hall–Kier alpha value is -1.13. The predicted molar refractivity (Wildman–Crippen MR) is 55.0 cm³/mol. The van der Waals surface area contributed by atoms with Crippen LogP contribution in [0.1, 0.15) is 12.0 Å². The monoisotopic (exact) mass is 193 g/mol. The fourth-order valence-electron chi connectivity index (χ4n) is 1.85. The van der Waals surface area contributed by atoms with Crippen molar-refractivity contribution in [2.75, 3.05) is 18.0 Å². The molecule has 14 heavy (non-hydrogen) atoms. The van der Waals surface area contributed by atoms with Crippen LogP contribution in [0.2, 0.25) is 0 Å². The van der Waals surface area contributed by atoms with Crippen LogP contribution in [-0.4, -0.2) is 29.3 Å². The van der Waals surface area contributed by atoms with E-state index in [1.54, 1.807) is 12.4 Å². The Bertz CT molecular complexity index is 316. The van der Waals surface area contributed by atoms with E-state index in [0.29, 0.717) is 13.1 Å². The maximum atomic E-state index is 9.44. The summed E-state index contributed by atoms with van der Waals surface area (Å²) in [6.07, 6.45) is 4.19. The Balaban J connectivity index is 2.22. The lowest BCUT2D eigenvalue weighted by Gasteiger charge is -2.20. The zero-order valence-electron chi connectivity index (χ0n) is 8.06. The Labute approximate surface area is 83.4 Å². The number of nitrogens with two attached hydrogens (primary N) is 1. The van der Waals surface area contributed by atoms with Gasteiger partial charge in [0.2, 0.25) is 0 Å². The topological polar surface area (TPSA) is 62.4 Å². The molecule has 1 aromatic rings. The summed E-state index contributed by atoms with van der Waals surface area (Å²) in [6.45, 7) is 2.10. The van der Waals surface area contributed by atoms with E-state index in [2.05, 4.69) is 9.88 Å². The summed E-state index contributed by atoms with van der Waals surface area (Å²) in [4.78, 5) is 6.20. The van der Waals surface area contributed by atoms with Crippen molar-refractivity contribution in [2.45, 2.75) is 19.1 Å². The van der Waals surface area contributed by atoms with Crippen molar-refractivity contribution >= 4 is 5.69 Å². The molecule has 0 bridgehead atoms. The summed E-state index contributed by atoms with van der Waals surface area (Å²) in [5.41, 5.74) is 7.78. The molecule has 2 rings (SSSR count). The first kappa shape index (κ1) is 9.43. The standard InChI is InChI=1S/C10H15N3O/c11-5-8-6-12-3-1-10(8)13-4-2-9(14)7-13/h1,3,6,9,14H,2,4-5,7,11H2. The Morgan fingerprint density at radius 3 is 3.14 bits per heavy atom. The van der Waals surface area contributed by atoms with Crippen molar-refractivity contribution in [1.29, 1.82) is 0 Å². The van der Waals surface area contributed by atoms with E-state index in [0.717, 1.165) is 24.2 Å². The first-order chi connectivity index (χ1) is 6.81. The second-order valence-corrected chi connectivity index (χ2v) is 3.60. The van der Waals surface area contributed by atoms with Crippen LogP contribution in [0.15, 0.2) is 18.5 Å². The van der Waals surface area contributed by atoms with Crippen LogP contribution >= 0.6 is 0 Å². The van der Waals surface area contributed by atoms with Gasteiger partial charge in [0.25, 0.3) is 0 Å². The number of rotatable bonds is 2. The number of aliphatic hydroxyl groups excluding tert-OH is 1. The molecule has 0 aromatic carbocycles. The molecule has 76 valence electrons. The maximum Gasteiger partial charge on any atom is 0.0731 e. The molecule has 0 spiro atoms. The van der Waals surface area contributed by atoms with E-state index in [9.17, 15) is 5.11 Å². The Kier molecular flexibility index (Phi) is 2.65. The third-order valence-corrected chi connectivity index (χ3v) is 2.60. The highest BCUT2D eigenvalue weighted by Gasteiger charge is 2.21. The Morgan fingerprint density at radius 1 is 1.64 bits per heavy atom. The van der Waals surface area contributed by atoms with E-state index >= 15 is 0 Å². The molecule has 3 N–H and O–H groups in total. The smallest absolute Gasteiger partial charge is 0.0731 e. The number of hydrogen-bond acceptors (Lipinski definition) is 4. The molecule has 1 fully saturated rings. The summed E-state index contributed by atoms with van der Waals surface area (Å²) in [7, 11) is 0. The third-order valence-electron chi connectivity index (χ3n) is 2.60. The fraction of sp³-hybridized carbons (Fsp3) is 0.500. The minimum atomic E-state index is -0.200. The largest absolute Gasteiger partial charge is 0.391 e. The molecule has 4 nitrogen and oxygen atoms in total. The molecule has 0 saturated carbocycles. The normalized spacial score (nSPS) is 21.6. The molecule has 2 heterocycles. The second-order valence-electron chi connectivity index (χ2n) is 3.60. The van der Waals surface area contributed by atoms with Crippen molar-refractivity contribution in [3.05, 3.63) is 24.0 Å². The van der Waals surface area contributed by atoms with Crippen molar-refractivity contribution in [3.8, 4) is 0 Å². The van der Waals surface area contributed by atoms with Gasteiger partial charge in [0, 0.05) is 43.3 Å². The van der Waals surface area contributed by atoms with E-state index in [4.69, 9.17) is 5.73 Å². The van der Waals surface area contributed by atoms with Gasteiger partial charge in [0.05, 0.1) is 6.10 Å².